The second kappa shape index (κ2) is 13.9. The van der Waals surface area contributed by atoms with Gasteiger partial charge in [-0.05, 0) is 147 Å². The number of rotatable bonds is 5. The summed E-state index contributed by atoms with van der Waals surface area (Å²) in [6.45, 7) is 0. The highest BCUT2D eigenvalue weighted by atomic mass is 15.0. The summed E-state index contributed by atoms with van der Waals surface area (Å²) in [6, 6.07) is 81.0. The molecule has 0 aliphatic heterocycles. The highest BCUT2D eigenvalue weighted by Gasteiger charge is 2.47. The van der Waals surface area contributed by atoms with Crippen molar-refractivity contribution in [1.29, 1.82) is 0 Å². The standard InChI is InChI=1S/C62H41N3/c1-5-16-58-51(11-1)52-12-2-6-17-59(52)64(58)47-28-22-40(23-29-47)42-26-32-49-50-33-27-43(41-24-30-48(31-25-41)65-60-18-7-3-13-53(60)54-14-4-8-19-61(54)65)37-56(50)62(55(49)36-42)38-45-21-20-44(35-46(45)39-62)57-15-9-10-34-63-57/h1-37H,38-39H2. The number of nitrogens with zero attached hydrogens (tertiary/aromatic N) is 3. The lowest BCUT2D eigenvalue weighted by Gasteiger charge is -2.27. The van der Waals surface area contributed by atoms with E-state index in [0.29, 0.717) is 0 Å². The first-order valence-corrected chi connectivity index (χ1v) is 22.7. The first-order valence-electron chi connectivity index (χ1n) is 22.7. The van der Waals surface area contributed by atoms with Crippen molar-refractivity contribution >= 4 is 43.6 Å². The third-order valence-corrected chi connectivity index (χ3v) is 14.6. The zero-order chi connectivity index (χ0) is 42.6. The number of hydrogen-bond donors (Lipinski definition) is 0. The van der Waals surface area contributed by atoms with E-state index in [1.54, 1.807) is 0 Å². The number of aromatic nitrogens is 3. The third-order valence-electron chi connectivity index (χ3n) is 14.6. The molecule has 0 fully saturated rings. The van der Waals surface area contributed by atoms with Crippen molar-refractivity contribution in [3.8, 4) is 56.0 Å². The van der Waals surface area contributed by atoms with Crippen LogP contribution < -0.4 is 0 Å². The van der Waals surface area contributed by atoms with E-state index < -0.39 is 0 Å². The summed E-state index contributed by atoms with van der Waals surface area (Å²) in [5.74, 6) is 0. The SMILES string of the molecule is c1ccc(-c2ccc3c(c2)CC2(C3)c3cc(-c4ccc(-n5c6ccccc6c6ccccc65)cc4)ccc3-c3ccc(-c4ccc(-n5c6ccccc6c6ccccc65)cc4)cc32)nc1. The average Bonchev–Trinajstić information content (AvgIpc) is 4.11. The third kappa shape index (κ3) is 5.39. The molecule has 2 aliphatic rings. The van der Waals surface area contributed by atoms with Gasteiger partial charge >= 0.3 is 0 Å². The second-order valence-electron chi connectivity index (χ2n) is 18.0. The summed E-state index contributed by atoms with van der Waals surface area (Å²) in [5, 5.41) is 5.11. The maximum atomic E-state index is 4.73. The van der Waals surface area contributed by atoms with Crippen molar-refractivity contribution in [2.75, 3.05) is 0 Å². The van der Waals surface area contributed by atoms with E-state index in [1.165, 1.54) is 116 Å². The van der Waals surface area contributed by atoms with Gasteiger partial charge in [-0.25, -0.2) is 0 Å². The van der Waals surface area contributed by atoms with Gasteiger partial charge < -0.3 is 9.13 Å². The molecule has 0 N–H and O–H groups in total. The molecule has 0 radical (unpaired) electrons. The summed E-state index contributed by atoms with van der Waals surface area (Å²) in [5.41, 5.74) is 22.5. The molecule has 1 spiro atoms. The molecule has 0 saturated heterocycles. The summed E-state index contributed by atoms with van der Waals surface area (Å²) in [7, 11) is 0. The van der Waals surface area contributed by atoms with Crippen molar-refractivity contribution in [3.63, 3.8) is 0 Å². The Balaban J connectivity index is 0.871. The van der Waals surface area contributed by atoms with Gasteiger partial charge in [-0.2, -0.15) is 0 Å². The molecule has 0 saturated carbocycles. The molecule has 0 unspecified atom stereocenters. The predicted octanol–water partition coefficient (Wildman–Crippen LogP) is 15.3. The predicted molar refractivity (Wildman–Crippen MR) is 269 cm³/mol. The zero-order valence-corrected chi connectivity index (χ0v) is 35.6. The largest absolute Gasteiger partial charge is 0.309 e. The Morgan fingerprint density at radius 1 is 0.338 bits per heavy atom. The quantitative estimate of drug-likeness (QED) is 0.169. The van der Waals surface area contributed by atoms with Crippen LogP contribution in [0, 0.1) is 0 Å². The minimum atomic E-state index is -0.201. The van der Waals surface area contributed by atoms with Crippen LogP contribution in [0.15, 0.2) is 225 Å². The first kappa shape index (κ1) is 36.2. The summed E-state index contributed by atoms with van der Waals surface area (Å²) in [6.07, 6.45) is 3.79. The van der Waals surface area contributed by atoms with E-state index in [9.17, 15) is 0 Å². The molecule has 2 aliphatic carbocycles. The van der Waals surface area contributed by atoms with Crippen LogP contribution >= 0.6 is 0 Å². The number of hydrogen-bond acceptors (Lipinski definition) is 1. The maximum Gasteiger partial charge on any atom is 0.0702 e. The molecule has 3 heteroatoms. The normalized spacial score (nSPS) is 13.5. The summed E-state index contributed by atoms with van der Waals surface area (Å²) in [4.78, 5) is 4.73. The van der Waals surface area contributed by atoms with Crippen molar-refractivity contribution in [3.05, 3.63) is 247 Å². The molecule has 0 amide bonds. The molecule has 0 atom stereocenters. The molecule has 3 nitrogen and oxygen atoms in total. The van der Waals surface area contributed by atoms with Crippen LogP contribution in [-0.4, -0.2) is 14.1 Å². The van der Waals surface area contributed by atoms with Gasteiger partial charge in [0.15, 0.2) is 0 Å². The lowest BCUT2D eigenvalue weighted by molar-refractivity contribution is 0.564. The molecule has 0 bridgehead atoms. The molecular weight excluding hydrogens is 787 g/mol. The number of benzene rings is 9. The van der Waals surface area contributed by atoms with Crippen LogP contribution in [0.5, 0.6) is 0 Å². The maximum absolute atomic E-state index is 4.73. The van der Waals surface area contributed by atoms with Crippen molar-refractivity contribution < 1.29 is 0 Å². The van der Waals surface area contributed by atoms with Crippen LogP contribution in [-0.2, 0) is 18.3 Å². The van der Waals surface area contributed by atoms with E-state index in [2.05, 4.69) is 221 Å². The Bertz CT molecular complexity index is 3560. The van der Waals surface area contributed by atoms with Gasteiger partial charge in [0.05, 0.1) is 27.8 Å². The Kier molecular flexibility index (Phi) is 7.73. The van der Waals surface area contributed by atoms with E-state index in [-0.39, 0.29) is 5.41 Å². The van der Waals surface area contributed by atoms with Gasteiger partial charge in [0, 0.05) is 50.1 Å². The fraction of sp³-hybridized carbons (Fsp3) is 0.0484. The van der Waals surface area contributed by atoms with Gasteiger partial charge in [0.1, 0.15) is 0 Å². The Morgan fingerprint density at radius 2 is 0.754 bits per heavy atom. The van der Waals surface area contributed by atoms with Crippen LogP contribution in [0.2, 0.25) is 0 Å². The molecular formula is C62H41N3. The smallest absolute Gasteiger partial charge is 0.0702 e. The number of para-hydroxylation sites is 4. The highest BCUT2D eigenvalue weighted by molar-refractivity contribution is 6.10. The average molecular weight is 828 g/mol. The monoisotopic (exact) mass is 827 g/mol. The minimum Gasteiger partial charge on any atom is -0.309 e. The van der Waals surface area contributed by atoms with Crippen molar-refractivity contribution in [1.82, 2.24) is 14.1 Å². The Labute approximate surface area is 377 Å². The lowest BCUT2D eigenvalue weighted by Crippen LogP contribution is -2.26. The van der Waals surface area contributed by atoms with Gasteiger partial charge in [0.25, 0.3) is 0 Å². The fourth-order valence-corrected chi connectivity index (χ4v) is 11.6. The molecule has 65 heavy (non-hydrogen) atoms. The van der Waals surface area contributed by atoms with E-state index >= 15 is 0 Å². The van der Waals surface area contributed by atoms with E-state index in [0.717, 1.165) is 18.5 Å². The van der Waals surface area contributed by atoms with Crippen LogP contribution in [0.1, 0.15) is 22.3 Å². The Morgan fingerprint density at radius 3 is 1.22 bits per heavy atom. The second-order valence-corrected chi connectivity index (χ2v) is 18.0. The molecule has 12 aromatic rings. The van der Waals surface area contributed by atoms with Gasteiger partial charge in [-0.3, -0.25) is 4.98 Å². The van der Waals surface area contributed by atoms with Gasteiger partial charge in [-0.1, -0.05) is 140 Å². The molecule has 9 aromatic carbocycles. The van der Waals surface area contributed by atoms with Crippen LogP contribution in [0.3, 0.4) is 0 Å². The molecule has 3 aromatic heterocycles. The topological polar surface area (TPSA) is 22.8 Å². The lowest BCUT2D eigenvalue weighted by atomic mass is 9.74. The molecule has 14 rings (SSSR count). The summed E-state index contributed by atoms with van der Waals surface area (Å²) < 4.78 is 4.79. The van der Waals surface area contributed by atoms with Crippen molar-refractivity contribution in [2.24, 2.45) is 0 Å². The van der Waals surface area contributed by atoms with Crippen LogP contribution in [0.25, 0.3) is 99.6 Å². The summed E-state index contributed by atoms with van der Waals surface area (Å²) >= 11 is 0. The molecule has 304 valence electrons. The fourth-order valence-electron chi connectivity index (χ4n) is 11.6. The van der Waals surface area contributed by atoms with Crippen LogP contribution in [0.4, 0.5) is 0 Å². The van der Waals surface area contributed by atoms with E-state index in [4.69, 9.17) is 4.98 Å². The zero-order valence-electron chi connectivity index (χ0n) is 35.6. The molecule has 3 heterocycles. The number of fused-ring (bicyclic) bond motifs is 12. The Hall–Kier alpha value is -8.27. The minimum absolute atomic E-state index is 0.201. The van der Waals surface area contributed by atoms with Gasteiger partial charge in [0.2, 0.25) is 0 Å². The van der Waals surface area contributed by atoms with Crippen molar-refractivity contribution in [2.45, 2.75) is 18.3 Å². The number of pyridine rings is 1. The van der Waals surface area contributed by atoms with Gasteiger partial charge in [-0.15, -0.1) is 0 Å². The highest BCUT2D eigenvalue weighted by Crippen LogP contribution is 2.57. The van der Waals surface area contributed by atoms with E-state index in [1.807, 2.05) is 12.3 Å². The first-order chi connectivity index (χ1) is 32.2.